The van der Waals surface area contributed by atoms with Crippen molar-refractivity contribution in [1.29, 1.82) is 0 Å². The van der Waals surface area contributed by atoms with E-state index in [0.717, 1.165) is 48.8 Å². The number of hydrogen-bond donors (Lipinski definition) is 3. The lowest BCUT2D eigenvalue weighted by Gasteiger charge is -2.32. The number of ether oxygens (including phenoxy) is 2. The molecule has 0 saturated carbocycles. The highest BCUT2D eigenvalue weighted by atomic mass is 16.6. The molecule has 0 radical (unpaired) electrons. The Hall–Kier alpha value is -2.48. The molecule has 3 atom stereocenters. The van der Waals surface area contributed by atoms with Gasteiger partial charge in [-0.1, -0.05) is 43.6 Å². The molecule has 0 aromatic heterocycles. The van der Waals surface area contributed by atoms with Crippen molar-refractivity contribution in [2.24, 2.45) is 5.92 Å². The lowest BCUT2D eigenvalue weighted by Crippen LogP contribution is -2.30. The van der Waals surface area contributed by atoms with Crippen LogP contribution in [0.15, 0.2) is 35.9 Å². The average Bonchev–Trinajstić information content (AvgIpc) is 2.78. The number of carbonyl (C=O) groups is 2. The van der Waals surface area contributed by atoms with E-state index in [9.17, 15) is 24.9 Å². The molecule has 1 aliphatic rings. The summed E-state index contributed by atoms with van der Waals surface area (Å²) in [4.78, 5) is 24.9. The third-order valence-corrected chi connectivity index (χ3v) is 6.14. The summed E-state index contributed by atoms with van der Waals surface area (Å²) < 4.78 is 11.3. The van der Waals surface area contributed by atoms with Crippen LogP contribution >= 0.6 is 0 Å². The van der Waals surface area contributed by atoms with Crippen LogP contribution in [0.5, 0.6) is 11.5 Å². The summed E-state index contributed by atoms with van der Waals surface area (Å²) >= 11 is 0. The van der Waals surface area contributed by atoms with Crippen LogP contribution in [0.4, 0.5) is 0 Å². The van der Waals surface area contributed by atoms with Gasteiger partial charge >= 0.3 is 11.9 Å². The quantitative estimate of drug-likeness (QED) is 0.182. The first-order chi connectivity index (χ1) is 16.2. The first-order valence-corrected chi connectivity index (χ1v) is 12.0. The summed E-state index contributed by atoms with van der Waals surface area (Å²) in [6.45, 7) is 9.12. The van der Waals surface area contributed by atoms with E-state index < -0.39 is 24.6 Å². The second-order valence-corrected chi connectivity index (χ2v) is 9.06. The largest absolute Gasteiger partial charge is 0.426 e. The average molecular weight is 475 g/mol. The molecule has 0 heterocycles. The summed E-state index contributed by atoms with van der Waals surface area (Å²) in [6.07, 6.45) is 5.63. The summed E-state index contributed by atoms with van der Waals surface area (Å²) in [5, 5.41) is 28.3. The van der Waals surface area contributed by atoms with E-state index in [4.69, 9.17) is 9.47 Å². The Balaban J connectivity index is 2.69. The first-order valence-electron chi connectivity index (χ1n) is 12.0. The molecule has 2 rings (SSSR count). The highest BCUT2D eigenvalue weighted by molar-refractivity contribution is 5.79. The molecule has 34 heavy (non-hydrogen) atoms. The number of aliphatic hydroxyl groups is 3. The molecule has 188 valence electrons. The molecule has 0 spiro atoms. The van der Waals surface area contributed by atoms with Gasteiger partial charge in [0.15, 0.2) is 6.10 Å². The van der Waals surface area contributed by atoms with E-state index in [-0.39, 0.29) is 36.4 Å². The fourth-order valence-electron chi connectivity index (χ4n) is 4.30. The topological polar surface area (TPSA) is 113 Å². The maximum Gasteiger partial charge on any atom is 0.342 e. The number of carbonyl (C=O) groups excluding carboxylic acids is 2. The monoisotopic (exact) mass is 474 g/mol. The molecule has 0 bridgehead atoms. The van der Waals surface area contributed by atoms with Crippen LogP contribution in [-0.4, -0.2) is 46.6 Å². The summed E-state index contributed by atoms with van der Waals surface area (Å²) in [6, 6.07) is 3.55. The number of rotatable bonds is 12. The number of aryl methyl sites for hydroxylation is 1. The number of aliphatic hydroxyl groups excluding tert-OH is 3. The van der Waals surface area contributed by atoms with Gasteiger partial charge in [-0.15, -0.1) is 0 Å². The van der Waals surface area contributed by atoms with Crippen molar-refractivity contribution in [3.8, 4) is 11.5 Å². The zero-order valence-electron chi connectivity index (χ0n) is 20.5. The Morgan fingerprint density at radius 2 is 1.85 bits per heavy atom. The van der Waals surface area contributed by atoms with Crippen molar-refractivity contribution in [1.82, 2.24) is 0 Å². The van der Waals surface area contributed by atoms with Gasteiger partial charge in [0, 0.05) is 11.5 Å². The Morgan fingerprint density at radius 3 is 2.44 bits per heavy atom. The molecule has 7 heteroatoms. The molecular weight excluding hydrogens is 436 g/mol. The number of benzene rings is 1. The third-order valence-electron chi connectivity index (χ3n) is 6.14. The van der Waals surface area contributed by atoms with Crippen molar-refractivity contribution in [2.45, 2.75) is 77.7 Å². The normalized spacial score (nSPS) is 18.7. The SMILES string of the molecule is C=C(C)C1CCC(C)=CC1c1c(OC(=O)CCO)cc(CCCCC)cc1OC(=O)[C@@H](O)CO. The highest BCUT2D eigenvalue weighted by Crippen LogP contribution is 2.47. The molecule has 0 aliphatic heterocycles. The Kier molecular flexibility index (Phi) is 11.0. The minimum atomic E-state index is -1.68. The Labute approximate surface area is 202 Å². The van der Waals surface area contributed by atoms with E-state index in [0.29, 0.717) is 12.0 Å². The van der Waals surface area contributed by atoms with Crippen molar-refractivity contribution in [3.63, 3.8) is 0 Å². The van der Waals surface area contributed by atoms with Gasteiger partial charge in [-0.25, -0.2) is 4.79 Å². The van der Waals surface area contributed by atoms with Gasteiger partial charge in [-0.2, -0.15) is 0 Å². The minimum Gasteiger partial charge on any atom is -0.426 e. The number of unbranched alkanes of at least 4 members (excludes halogenated alkanes) is 2. The van der Waals surface area contributed by atoms with Crippen molar-refractivity contribution < 1.29 is 34.4 Å². The molecule has 0 saturated heterocycles. The van der Waals surface area contributed by atoms with Crippen LogP contribution in [-0.2, 0) is 16.0 Å². The summed E-state index contributed by atoms with van der Waals surface area (Å²) in [7, 11) is 0. The van der Waals surface area contributed by atoms with Gasteiger partial charge in [0.2, 0.25) is 0 Å². The molecule has 3 N–H and O–H groups in total. The molecule has 0 amide bonds. The lowest BCUT2D eigenvalue weighted by atomic mass is 9.73. The van der Waals surface area contributed by atoms with Gasteiger partial charge in [0.1, 0.15) is 11.5 Å². The van der Waals surface area contributed by atoms with Crippen LogP contribution < -0.4 is 9.47 Å². The lowest BCUT2D eigenvalue weighted by molar-refractivity contribution is -0.145. The van der Waals surface area contributed by atoms with E-state index >= 15 is 0 Å². The predicted octanol–water partition coefficient (Wildman–Crippen LogP) is 3.98. The van der Waals surface area contributed by atoms with Crippen molar-refractivity contribution in [3.05, 3.63) is 47.1 Å². The number of esters is 2. The zero-order valence-corrected chi connectivity index (χ0v) is 20.5. The predicted molar refractivity (Wildman–Crippen MR) is 130 cm³/mol. The molecule has 2 unspecified atom stereocenters. The summed E-state index contributed by atoms with van der Waals surface area (Å²) in [5.41, 5.74) is 3.47. The van der Waals surface area contributed by atoms with Crippen LogP contribution in [0.2, 0.25) is 0 Å². The minimum absolute atomic E-state index is 0.0325. The Bertz CT molecular complexity index is 902. The van der Waals surface area contributed by atoms with Gasteiger partial charge in [0.05, 0.1) is 19.6 Å². The van der Waals surface area contributed by atoms with Gasteiger partial charge in [-0.05, 0) is 63.1 Å². The van der Waals surface area contributed by atoms with Crippen molar-refractivity contribution >= 4 is 11.9 Å². The van der Waals surface area contributed by atoms with Gasteiger partial charge in [-0.3, -0.25) is 4.79 Å². The standard InChI is InChI=1S/C27H38O7/c1-5-6-7-8-19-14-23(33-25(31)11-12-28)26(24(15-19)34-27(32)22(30)16-29)21-13-18(4)9-10-20(21)17(2)3/h13-15,20-22,28-30H,2,5-12,16H2,1,3-4H3/t20?,21?,22-/m0/s1. The molecular formula is C27H38O7. The van der Waals surface area contributed by atoms with Crippen LogP contribution in [0, 0.1) is 5.92 Å². The molecule has 1 aromatic rings. The fourth-order valence-corrected chi connectivity index (χ4v) is 4.30. The van der Waals surface area contributed by atoms with E-state index in [1.807, 2.05) is 13.8 Å². The first kappa shape index (κ1) is 27.8. The van der Waals surface area contributed by atoms with E-state index in [1.165, 1.54) is 0 Å². The maximum atomic E-state index is 12.5. The maximum absolute atomic E-state index is 12.5. The van der Waals surface area contributed by atoms with Gasteiger partial charge < -0.3 is 24.8 Å². The zero-order chi connectivity index (χ0) is 25.3. The molecule has 7 nitrogen and oxygen atoms in total. The fraction of sp³-hybridized carbons (Fsp3) is 0.556. The smallest absolute Gasteiger partial charge is 0.342 e. The molecule has 0 fully saturated rings. The Morgan fingerprint density at radius 1 is 1.18 bits per heavy atom. The summed E-state index contributed by atoms with van der Waals surface area (Å²) in [5.74, 6) is -1.33. The number of hydrogen-bond acceptors (Lipinski definition) is 7. The van der Waals surface area contributed by atoms with Crippen LogP contribution in [0.1, 0.15) is 76.3 Å². The highest BCUT2D eigenvalue weighted by Gasteiger charge is 2.33. The van der Waals surface area contributed by atoms with Crippen LogP contribution in [0.25, 0.3) is 0 Å². The second-order valence-electron chi connectivity index (χ2n) is 9.06. The van der Waals surface area contributed by atoms with Gasteiger partial charge in [0.25, 0.3) is 0 Å². The van der Waals surface area contributed by atoms with E-state index in [1.54, 1.807) is 12.1 Å². The van der Waals surface area contributed by atoms with E-state index in [2.05, 4.69) is 19.6 Å². The van der Waals surface area contributed by atoms with Crippen LogP contribution in [0.3, 0.4) is 0 Å². The van der Waals surface area contributed by atoms with Crippen molar-refractivity contribution in [2.75, 3.05) is 13.2 Å². The molecule has 1 aromatic carbocycles. The number of allylic oxidation sites excluding steroid dienone is 3. The second kappa shape index (κ2) is 13.4. The molecule has 1 aliphatic carbocycles. The third kappa shape index (κ3) is 7.52.